The van der Waals surface area contributed by atoms with Crippen molar-refractivity contribution in [2.24, 2.45) is 4.99 Å². The Balaban J connectivity index is 3.07. The second kappa shape index (κ2) is 5.14. The van der Waals surface area contributed by atoms with Crippen LogP contribution in [0.15, 0.2) is 15.3 Å². The number of halogens is 1. The lowest BCUT2D eigenvalue weighted by atomic mass is 10.9. The fraction of sp³-hybridized carbons (Fsp3) is 0.250. The minimum atomic E-state index is 1.74. The average molecular weight is 195 g/mol. The molecule has 0 saturated heterocycles. The van der Waals surface area contributed by atoms with Crippen molar-refractivity contribution in [3.05, 3.63) is 10.3 Å². The van der Waals surface area contributed by atoms with Crippen molar-refractivity contribution in [2.75, 3.05) is 0 Å². The van der Waals surface area contributed by atoms with Gasteiger partial charge in [0.25, 0.3) is 0 Å². The van der Waals surface area contributed by atoms with Crippen LogP contribution in [-0.4, -0.2) is 6.21 Å². The second-order valence-corrected chi connectivity index (χ2v) is 1.40. The zero-order chi connectivity index (χ0) is 4.83. The first kappa shape index (κ1) is 6.14. The summed E-state index contributed by atoms with van der Waals surface area (Å²) >= 11 is 2.12. The largest absolute Gasteiger partial charge is 0.269 e. The van der Waals surface area contributed by atoms with Crippen LogP contribution in [0.25, 0.3) is 0 Å². The Bertz CT molecular complexity index is 55.9. The van der Waals surface area contributed by atoms with Crippen molar-refractivity contribution < 1.29 is 0 Å². The van der Waals surface area contributed by atoms with Gasteiger partial charge in [-0.1, -0.05) is 22.6 Å². The first-order chi connectivity index (χ1) is 2.91. The Kier molecular flexibility index (Phi) is 5.26. The molecule has 0 aromatic carbocycles. The molecule has 0 aliphatic heterocycles. The van der Waals surface area contributed by atoms with E-state index in [1.165, 1.54) is 0 Å². The fourth-order valence-corrected chi connectivity index (χ4v) is 0.304. The van der Waals surface area contributed by atoms with E-state index in [-0.39, 0.29) is 0 Å². The van der Waals surface area contributed by atoms with Gasteiger partial charge in [-0.25, -0.2) is 0 Å². The molecule has 6 heavy (non-hydrogen) atoms. The maximum absolute atomic E-state index is 3.78. The van der Waals surface area contributed by atoms with Crippen LogP contribution in [-0.2, 0) is 0 Å². The molecule has 0 fully saturated rings. The first-order valence-electron chi connectivity index (χ1n) is 1.65. The lowest BCUT2D eigenvalue weighted by Gasteiger charge is -1.63. The maximum atomic E-state index is 3.78. The van der Waals surface area contributed by atoms with Gasteiger partial charge in [0.2, 0.25) is 0 Å². The molecule has 0 unspecified atom stereocenters. The topological polar surface area (TPSA) is 12.4 Å². The van der Waals surface area contributed by atoms with E-state index in [1.54, 1.807) is 12.4 Å². The van der Waals surface area contributed by atoms with E-state index in [0.717, 1.165) is 0 Å². The molecular formula is C4H6IN. The number of hydrogen-bond acceptors (Lipinski definition) is 1. The predicted octanol–water partition coefficient (Wildman–Crippen LogP) is 1.98. The summed E-state index contributed by atoms with van der Waals surface area (Å²) in [5, 5.41) is 0. The van der Waals surface area contributed by atoms with Crippen LogP contribution in [0.1, 0.15) is 6.92 Å². The standard InChI is InChI=1S/C4H6IN/c1-2-6-4-3-5/h2-4H,1H3. The van der Waals surface area contributed by atoms with Crippen LogP contribution < -0.4 is 0 Å². The van der Waals surface area contributed by atoms with Crippen molar-refractivity contribution in [1.29, 1.82) is 0 Å². The third kappa shape index (κ3) is 4.14. The van der Waals surface area contributed by atoms with Crippen LogP contribution in [0.5, 0.6) is 0 Å². The van der Waals surface area contributed by atoms with Gasteiger partial charge >= 0.3 is 0 Å². The van der Waals surface area contributed by atoms with Crippen LogP contribution in [0.4, 0.5) is 0 Å². The minimum absolute atomic E-state index is 1.74. The van der Waals surface area contributed by atoms with E-state index in [1.807, 2.05) is 11.0 Å². The zero-order valence-electron chi connectivity index (χ0n) is 3.56. The van der Waals surface area contributed by atoms with Crippen LogP contribution in [0.3, 0.4) is 0 Å². The Labute approximate surface area is 51.3 Å². The molecule has 0 amide bonds. The summed E-state index contributed by atoms with van der Waals surface area (Å²) in [6.45, 7) is 1.89. The molecule has 0 aliphatic carbocycles. The van der Waals surface area contributed by atoms with Gasteiger partial charge in [-0.05, 0) is 11.0 Å². The molecule has 0 radical (unpaired) electrons. The molecule has 0 aromatic rings. The van der Waals surface area contributed by atoms with Crippen molar-refractivity contribution in [2.45, 2.75) is 6.92 Å². The summed E-state index contributed by atoms with van der Waals surface area (Å²) in [4.78, 5) is 3.78. The predicted molar refractivity (Wildman–Crippen MR) is 37.3 cm³/mol. The van der Waals surface area contributed by atoms with Gasteiger partial charge in [-0.15, -0.1) is 0 Å². The normalized spacial score (nSPS) is 11.7. The van der Waals surface area contributed by atoms with Crippen molar-refractivity contribution in [3.63, 3.8) is 0 Å². The summed E-state index contributed by atoms with van der Waals surface area (Å²) < 4.78 is 1.86. The monoisotopic (exact) mass is 195 g/mol. The molecule has 0 aromatic heterocycles. The van der Waals surface area contributed by atoms with Crippen molar-refractivity contribution in [3.8, 4) is 0 Å². The lowest BCUT2D eigenvalue weighted by Crippen LogP contribution is -1.48. The third-order valence-electron chi connectivity index (χ3n) is 0.291. The maximum Gasteiger partial charge on any atom is 0.0324 e. The highest BCUT2D eigenvalue weighted by Gasteiger charge is 1.49. The summed E-state index contributed by atoms with van der Waals surface area (Å²) in [5.41, 5.74) is 0. The van der Waals surface area contributed by atoms with E-state index in [4.69, 9.17) is 0 Å². The lowest BCUT2D eigenvalue weighted by molar-refractivity contribution is 1.60. The van der Waals surface area contributed by atoms with Gasteiger partial charge in [0.15, 0.2) is 0 Å². The Hall–Kier alpha value is 0.140. The van der Waals surface area contributed by atoms with Crippen molar-refractivity contribution in [1.82, 2.24) is 0 Å². The van der Waals surface area contributed by atoms with Gasteiger partial charge in [-0.3, -0.25) is 4.99 Å². The van der Waals surface area contributed by atoms with Gasteiger partial charge in [0.1, 0.15) is 0 Å². The molecule has 0 saturated carbocycles. The summed E-state index contributed by atoms with van der Waals surface area (Å²) in [6.07, 6.45) is 3.48. The summed E-state index contributed by atoms with van der Waals surface area (Å²) in [6, 6.07) is 0. The van der Waals surface area contributed by atoms with E-state index < -0.39 is 0 Å². The Morgan fingerprint density at radius 2 is 2.33 bits per heavy atom. The molecule has 0 N–H and O–H groups in total. The number of nitrogens with zero attached hydrogens (tertiary/aromatic N) is 1. The first-order valence-corrected chi connectivity index (χ1v) is 2.89. The highest BCUT2D eigenvalue weighted by molar-refractivity contribution is 14.1. The van der Waals surface area contributed by atoms with E-state index >= 15 is 0 Å². The average Bonchev–Trinajstić information content (AvgIpc) is 1.61. The van der Waals surface area contributed by atoms with E-state index in [0.29, 0.717) is 0 Å². The Morgan fingerprint density at radius 1 is 1.67 bits per heavy atom. The van der Waals surface area contributed by atoms with E-state index in [9.17, 15) is 0 Å². The molecule has 0 rings (SSSR count). The molecular weight excluding hydrogens is 189 g/mol. The highest BCUT2D eigenvalue weighted by Crippen LogP contribution is 1.81. The van der Waals surface area contributed by atoms with Gasteiger partial charge in [-0.2, -0.15) is 0 Å². The molecule has 34 valence electrons. The molecule has 0 spiro atoms. The highest BCUT2D eigenvalue weighted by atomic mass is 127. The second-order valence-electron chi connectivity index (χ2n) is 0.682. The number of hydrogen-bond donors (Lipinski definition) is 0. The van der Waals surface area contributed by atoms with Crippen LogP contribution in [0, 0.1) is 0 Å². The molecule has 2 heteroatoms. The van der Waals surface area contributed by atoms with E-state index in [2.05, 4.69) is 27.6 Å². The number of aliphatic imine (C=N–C) groups is 1. The molecule has 0 aliphatic rings. The molecule has 1 nitrogen and oxygen atoms in total. The quantitative estimate of drug-likeness (QED) is 0.448. The van der Waals surface area contributed by atoms with Gasteiger partial charge in [0, 0.05) is 12.4 Å². The van der Waals surface area contributed by atoms with Gasteiger partial charge < -0.3 is 0 Å². The molecule has 0 bridgehead atoms. The Morgan fingerprint density at radius 3 is 2.50 bits per heavy atom. The molecule has 0 atom stereocenters. The fourth-order valence-electron chi connectivity index (χ4n) is 0.119. The number of rotatable bonds is 1. The minimum Gasteiger partial charge on any atom is -0.269 e. The SMILES string of the molecule is CC=NC=CI. The third-order valence-corrected chi connectivity index (χ3v) is 0.613. The van der Waals surface area contributed by atoms with Gasteiger partial charge in [0.05, 0.1) is 0 Å². The van der Waals surface area contributed by atoms with Crippen LogP contribution >= 0.6 is 22.6 Å². The van der Waals surface area contributed by atoms with Crippen LogP contribution in [0.2, 0.25) is 0 Å². The van der Waals surface area contributed by atoms with Crippen molar-refractivity contribution >= 4 is 28.8 Å². The molecule has 0 heterocycles. The summed E-state index contributed by atoms with van der Waals surface area (Å²) in [5.74, 6) is 0. The smallest absolute Gasteiger partial charge is 0.0324 e. The zero-order valence-corrected chi connectivity index (χ0v) is 5.71. The summed E-state index contributed by atoms with van der Waals surface area (Å²) in [7, 11) is 0.